The zero-order valence-corrected chi connectivity index (χ0v) is 17.2. The molecule has 1 N–H and O–H groups in total. The van der Waals surface area contributed by atoms with Crippen LogP contribution in [0.15, 0.2) is 70.0 Å². The molecule has 0 aliphatic carbocycles. The number of para-hydroxylation sites is 1. The Labute approximate surface area is 173 Å². The first-order valence-corrected chi connectivity index (χ1v) is 10.5. The van der Waals surface area contributed by atoms with E-state index < -0.39 is 12.1 Å². The first kappa shape index (κ1) is 19.4. The lowest BCUT2D eigenvalue weighted by atomic mass is 10.1. The Balaban J connectivity index is 1.47. The second kappa shape index (κ2) is 8.21. The molecule has 3 aromatic carbocycles. The standard InChI is InChI=1S/C24H22O4S/c1-15-7-10-23(16(2)13-15)29-12-11-22(24(25)26)27-17-8-9-21-19(14-17)18-5-3-4-6-20(18)28-21/h3-10,13-14,22H,11-12H2,1-2H3,(H,25,26). The van der Waals surface area contributed by atoms with Crippen LogP contribution in [0.2, 0.25) is 0 Å². The van der Waals surface area contributed by atoms with E-state index in [1.165, 1.54) is 16.0 Å². The van der Waals surface area contributed by atoms with Crippen molar-refractivity contribution in [2.24, 2.45) is 0 Å². The summed E-state index contributed by atoms with van der Waals surface area (Å²) in [5, 5.41) is 11.5. The summed E-state index contributed by atoms with van der Waals surface area (Å²) in [6.45, 7) is 4.14. The molecular weight excluding hydrogens is 384 g/mol. The van der Waals surface area contributed by atoms with Crippen molar-refractivity contribution in [3.63, 3.8) is 0 Å². The van der Waals surface area contributed by atoms with E-state index in [0.717, 1.165) is 21.9 Å². The molecule has 0 aliphatic rings. The van der Waals surface area contributed by atoms with Crippen LogP contribution in [-0.4, -0.2) is 22.9 Å². The van der Waals surface area contributed by atoms with Crippen LogP contribution in [-0.2, 0) is 4.79 Å². The second-order valence-electron chi connectivity index (χ2n) is 7.11. The number of furan rings is 1. The van der Waals surface area contributed by atoms with Gasteiger partial charge in [-0.15, -0.1) is 11.8 Å². The van der Waals surface area contributed by atoms with Gasteiger partial charge >= 0.3 is 5.97 Å². The van der Waals surface area contributed by atoms with Gasteiger partial charge in [0.1, 0.15) is 16.9 Å². The number of fused-ring (bicyclic) bond motifs is 3. The molecule has 0 radical (unpaired) electrons. The van der Waals surface area contributed by atoms with Crippen LogP contribution in [0.4, 0.5) is 0 Å². The predicted octanol–water partition coefficient (Wildman–Crippen LogP) is 6.22. The third-order valence-corrected chi connectivity index (χ3v) is 6.08. The summed E-state index contributed by atoms with van der Waals surface area (Å²) in [7, 11) is 0. The number of hydrogen-bond acceptors (Lipinski definition) is 4. The number of aryl methyl sites for hydroxylation is 2. The van der Waals surface area contributed by atoms with Crippen LogP contribution in [0.5, 0.6) is 5.75 Å². The third-order valence-electron chi connectivity index (χ3n) is 4.87. The maximum absolute atomic E-state index is 11.7. The quantitative estimate of drug-likeness (QED) is 0.369. The van der Waals surface area contributed by atoms with Crippen molar-refractivity contribution in [1.29, 1.82) is 0 Å². The molecule has 4 aromatic rings. The largest absolute Gasteiger partial charge is 0.479 e. The average Bonchev–Trinajstić information content (AvgIpc) is 3.06. The second-order valence-corrected chi connectivity index (χ2v) is 8.24. The van der Waals surface area contributed by atoms with Gasteiger partial charge in [-0.3, -0.25) is 0 Å². The molecule has 1 aromatic heterocycles. The number of thioether (sulfide) groups is 1. The van der Waals surface area contributed by atoms with Crippen LogP contribution in [0.1, 0.15) is 17.5 Å². The van der Waals surface area contributed by atoms with Crippen LogP contribution in [0.3, 0.4) is 0 Å². The van der Waals surface area contributed by atoms with E-state index in [9.17, 15) is 9.90 Å². The number of carboxylic acids is 1. The molecule has 0 spiro atoms. The molecule has 0 amide bonds. The van der Waals surface area contributed by atoms with Gasteiger partial charge in [0.15, 0.2) is 6.10 Å². The number of carbonyl (C=O) groups is 1. The number of aliphatic carboxylic acids is 1. The maximum Gasteiger partial charge on any atom is 0.344 e. The van der Waals surface area contributed by atoms with Crippen LogP contribution < -0.4 is 4.74 Å². The van der Waals surface area contributed by atoms with Crippen molar-refractivity contribution in [2.75, 3.05) is 5.75 Å². The highest BCUT2D eigenvalue weighted by molar-refractivity contribution is 7.99. The van der Waals surface area contributed by atoms with E-state index in [4.69, 9.17) is 9.15 Å². The highest BCUT2D eigenvalue weighted by Gasteiger charge is 2.20. The molecule has 0 saturated heterocycles. The van der Waals surface area contributed by atoms with E-state index >= 15 is 0 Å². The molecule has 0 aliphatic heterocycles. The molecule has 5 heteroatoms. The molecule has 1 heterocycles. The Kier molecular flexibility index (Phi) is 5.49. The highest BCUT2D eigenvalue weighted by Crippen LogP contribution is 2.32. The van der Waals surface area contributed by atoms with Gasteiger partial charge in [0.05, 0.1) is 0 Å². The normalized spacial score (nSPS) is 12.3. The van der Waals surface area contributed by atoms with Gasteiger partial charge in [0, 0.05) is 27.8 Å². The minimum atomic E-state index is -0.955. The number of carboxylic acid groups (broad SMARTS) is 1. The molecule has 0 saturated carbocycles. The fourth-order valence-corrected chi connectivity index (χ4v) is 4.42. The molecule has 29 heavy (non-hydrogen) atoms. The minimum Gasteiger partial charge on any atom is -0.479 e. The van der Waals surface area contributed by atoms with Crippen LogP contribution in [0, 0.1) is 13.8 Å². The molecule has 4 rings (SSSR count). The Bertz CT molecular complexity index is 1180. The molecular formula is C24H22O4S. The van der Waals surface area contributed by atoms with Crippen molar-refractivity contribution in [3.8, 4) is 5.75 Å². The van der Waals surface area contributed by atoms with E-state index in [1.54, 1.807) is 17.8 Å². The zero-order valence-electron chi connectivity index (χ0n) is 16.3. The fraction of sp³-hybridized carbons (Fsp3) is 0.208. The first-order valence-electron chi connectivity index (χ1n) is 9.52. The molecule has 4 nitrogen and oxygen atoms in total. The van der Waals surface area contributed by atoms with Gasteiger partial charge < -0.3 is 14.3 Å². The van der Waals surface area contributed by atoms with E-state index in [-0.39, 0.29) is 0 Å². The fourth-order valence-electron chi connectivity index (χ4n) is 3.41. The molecule has 1 unspecified atom stereocenters. The Morgan fingerprint density at radius 2 is 1.83 bits per heavy atom. The van der Waals surface area contributed by atoms with Gasteiger partial charge in [0.2, 0.25) is 0 Å². The molecule has 148 valence electrons. The van der Waals surface area contributed by atoms with Crippen molar-refractivity contribution in [2.45, 2.75) is 31.3 Å². The van der Waals surface area contributed by atoms with Gasteiger partial charge in [-0.1, -0.05) is 35.9 Å². The first-order chi connectivity index (χ1) is 14.0. The van der Waals surface area contributed by atoms with Gasteiger partial charge in [-0.25, -0.2) is 4.79 Å². The summed E-state index contributed by atoms with van der Waals surface area (Å²) in [6.07, 6.45) is -0.485. The number of hydrogen-bond donors (Lipinski definition) is 1. The lowest BCUT2D eigenvalue weighted by Crippen LogP contribution is -2.27. The molecule has 1 atom stereocenters. The highest BCUT2D eigenvalue weighted by atomic mass is 32.2. The lowest BCUT2D eigenvalue weighted by Gasteiger charge is -2.15. The summed E-state index contributed by atoms with van der Waals surface area (Å²) in [5.41, 5.74) is 4.00. The topological polar surface area (TPSA) is 59.7 Å². The third kappa shape index (κ3) is 4.25. The van der Waals surface area contributed by atoms with Gasteiger partial charge in [-0.05, 0) is 49.7 Å². The molecule has 0 fully saturated rings. The summed E-state index contributed by atoms with van der Waals surface area (Å²) in [5.74, 6) is 0.244. The summed E-state index contributed by atoms with van der Waals surface area (Å²) in [6, 6.07) is 19.5. The summed E-state index contributed by atoms with van der Waals surface area (Å²) >= 11 is 1.66. The average molecular weight is 407 g/mol. The van der Waals surface area contributed by atoms with Crippen LogP contribution in [0.25, 0.3) is 21.9 Å². The zero-order chi connectivity index (χ0) is 20.4. The Morgan fingerprint density at radius 3 is 2.62 bits per heavy atom. The van der Waals surface area contributed by atoms with E-state index in [2.05, 4.69) is 32.0 Å². The van der Waals surface area contributed by atoms with Crippen molar-refractivity contribution in [1.82, 2.24) is 0 Å². The number of rotatable bonds is 7. The lowest BCUT2D eigenvalue weighted by molar-refractivity contribution is -0.145. The van der Waals surface area contributed by atoms with E-state index in [1.807, 2.05) is 36.4 Å². The minimum absolute atomic E-state index is 0.414. The summed E-state index contributed by atoms with van der Waals surface area (Å²) in [4.78, 5) is 12.9. The Hall–Kier alpha value is -2.92. The maximum atomic E-state index is 11.7. The SMILES string of the molecule is Cc1ccc(SCCC(Oc2ccc3oc4ccccc4c3c2)C(=O)O)c(C)c1. The van der Waals surface area contributed by atoms with E-state index in [0.29, 0.717) is 17.9 Å². The molecule has 0 bridgehead atoms. The number of ether oxygens (including phenoxy) is 1. The van der Waals surface area contributed by atoms with Crippen molar-refractivity contribution in [3.05, 3.63) is 71.8 Å². The number of benzene rings is 3. The smallest absolute Gasteiger partial charge is 0.344 e. The Morgan fingerprint density at radius 1 is 1.03 bits per heavy atom. The predicted molar refractivity (Wildman–Crippen MR) is 117 cm³/mol. The van der Waals surface area contributed by atoms with Crippen molar-refractivity contribution >= 4 is 39.7 Å². The van der Waals surface area contributed by atoms with Crippen molar-refractivity contribution < 1.29 is 19.1 Å². The van der Waals surface area contributed by atoms with Gasteiger partial charge in [0.25, 0.3) is 0 Å². The monoisotopic (exact) mass is 406 g/mol. The van der Waals surface area contributed by atoms with Crippen LogP contribution >= 0.6 is 11.8 Å². The van der Waals surface area contributed by atoms with Gasteiger partial charge in [-0.2, -0.15) is 0 Å². The summed E-state index contributed by atoms with van der Waals surface area (Å²) < 4.78 is 11.7.